The van der Waals surface area contributed by atoms with E-state index in [1.54, 1.807) is 6.07 Å². The van der Waals surface area contributed by atoms with Crippen LogP contribution in [0.1, 0.15) is 0 Å². The van der Waals surface area contributed by atoms with Gasteiger partial charge in [-0.15, -0.1) is 0 Å². The molecule has 0 aromatic heterocycles. The molecule has 0 saturated carbocycles. The molecule has 0 atom stereocenters. The molecule has 0 aliphatic rings. The quantitative estimate of drug-likeness (QED) is 0.896. The largest absolute Gasteiger partial charge is 0.497 e. The Kier molecular flexibility index (Phi) is 3.41. The van der Waals surface area contributed by atoms with E-state index in [4.69, 9.17) is 4.74 Å². The third kappa shape index (κ3) is 2.56. The normalized spacial score (nSPS) is 10.2. The Hall–Kier alpha value is -2.17. The summed E-state index contributed by atoms with van der Waals surface area (Å²) in [7, 11) is 1.43. The van der Waals surface area contributed by atoms with Gasteiger partial charge in [-0.3, -0.25) is 0 Å². The number of hydrogen-bond donors (Lipinski definition) is 1. The van der Waals surface area contributed by atoms with E-state index in [-0.39, 0.29) is 11.4 Å². The minimum absolute atomic E-state index is 0.154. The van der Waals surface area contributed by atoms with Crippen LogP contribution in [0.3, 0.4) is 0 Å². The van der Waals surface area contributed by atoms with Crippen molar-refractivity contribution in [2.45, 2.75) is 0 Å². The van der Waals surface area contributed by atoms with Gasteiger partial charge in [0.25, 0.3) is 0 Å². The molecule has 0 bridgehead atoms. The fourth-order valence-corrected chi connectivity index (χ4v) is 1.45. The molecular weight excluding hydrogens is 243 g/mol. The summed E-state index contributed by atoms with van der Waals surface area (Å²) in [5, 5.41) is 2.65. The Bertz CT molecular complexity index is 572. The lowest BCUT2D eigenvalue weighted by Gasteiger charge is -2.09. The van der Waals surface area contributed by atoms with E-state index in [1.807, 2.05) is 0 Å². The maximum Gasteiger partial charge on any atom is 0.160 e. The molecule has 0 heterocycles. The Morgan fingerprint density at radius 3 is 2.28 bits per heavy atom. The number of nitrogens with one attached hydrogen (secondary N) is 1. The highest BCUT2D eigenvalue weighted by Crippen LogP contribution is 2.24. The number of methoxy groups -OCH3 is 1. The van der Waals surface area contributed by atoms with Crippen molar-refractivity contribution in [3.8, 4) is 5.75 Å². The molecule has 2 aromatic rings. The number of anilines is 2. The Morgan fingerprint density at radius 2 is 1.67 bits per heavy atom. The summed E-state index contributed by atoms with van der Waals surface area (Å²) in [6.07, 6.45) is 0. The van der Waals surface area contributed by atoms with Crippen LogP contribution in [0.4, 0.5) is 24.5 Å². The van der Waals surface area contributed by atoms with Gasteiger partial charge in [0.2, 0.25) is 0 Å². The molecule has 0 amide bonds. The van der Waals surface area contributed by atoms with E-state index in [1.165, 1.54) is 25.3 Å². The van der Waals surface area contributed by atoms with Crippen LogP contribution in [0.2, 0.25) is 0 Å². The van der Waals surface area contributed by atoms with Crippen molar-refractivity contribution in [3.05, 3.63) is 53.8 Å². The van der Waals surface area contributed by atoms with Crippen LogP contribution in [-0.2, 0) is 0 Å². The summed E-state index contributed by atoms with van der Waals surface area (Å²) in [4.78, 5) is 0. The topological polar surface area (TPSA) is 21.3 Å². The van der Waals surface area contributed by atoms with E-state index in [9.17, 15) is 13.2 Å². The summed E-state index contributed by atoms with van der Waals surface area (Å²) in [5.41, 5.74) is 0.416. The van der Waals surface area contributed by atoms with E-state index in [0.29, 0.717) is 5.75 Å². The van der Waals surface area contributed by atoms with Gasteiger partial charge in [-0.1, -0.05) is 0 Å². The fourth-order valence-electron chi connectivity index (χ4n) is 1.45. The maximum absolute atomic E-state index is 13.6. The van der Waals surface area contributed by atoms with Crippen molar-refractivity contribution in [1.82, 2.24) is 0 Å². The van der Waals surface area contributed by atoms with E-state index in [2.05, 4.69) is 5.32 Å². The number of rotatable bonds is 3. The van der Waals surface area contributed by atoms with Gasteiger partial charge in [0.1, 0.15) is 11.6 Å². The van der Waals surface area contributed by atoms with Crippen molar-refractivity contribution in [2.24, 2.45) is 0 Å². The van der Waals surface area contributed by atoms with Gasteiger partial charge >= 0.3 is 0 Å². The van der Waals surface area contributed by atoms with Gasteiger partial charge in [-0.05, 0) is 24.3 Å². The van der Waals surface area contributed by atoms with Gasteiger partial charge in [-0.25, -0.2) is 13.2 Å². The molecule has 5 heteroatoms. The summed E-state index contributed by atoms with van der Waals surface area (Å²) in [5.74, 6) is -2.10. The lowest BCUT2D eigenvalue weighted by atomic mass is 10.2. The molecule has 0 unspecified atom stereocenters. The fraction of sp³-hybridized carbons (Fsp3) is 0.0769. The lowest BCUT2D eigenvalue weighted by Crippen LogP contribution is -1.96. The molecule has 0 spiro atoms. The summed E-state index contributed by atoms with van der Waals surface area (Å²) >= 11 is 0. The maximum atomic E-state index is 13.6. The third-order valence-electron chi connectivity index (χ3n) is 2.37. The SMILES string of the molecule is COc1ccc(Nc2ccc(F)c(F)c2)c(F)c1. The predicted molar refractivity (Wildman–Crippen MR) is 62.6 cm³/mol. The molecule has 0 aliphatic heterocycles. The minimum Gasteiger partial charge on any atom is -0.497 e. The molecule has 1 N–H and O–H groups in total. The number of halogens is 3. The standard InChI is InChI=1S/C13H10F3NO/c1-18-9-3-5-13(12(16)7-9)17-8-2-4-10(14)11(15)6-8/h2-7,17H,1H3. The smallest absolute Gasteiger partial charge is 0.160 e. The summed E-state index contributed by atoms with van der Waals surface area (Å²) in [6.45, 7) is 0. The summed E-state index contributed by atoms with van der Waals surface area (Å²) in [6, 6.07) is 7.46. The first kappa shape index (κ1) is 12.3. The van der Waals surface area contributed by atoms with Gasteiger partial charge in [0.15, 0.2) is 11.6 Å². The second kappa shape index (κ2) is 5.00. The summed E-state index contributed by atoms with van der Waals surface area (Å²) < 4.78 is 44.1. The lowest BCUT2D eigenvalue weighted by molar-refractivity contribution is 0.411. The van der Waals surface area contributed by atoms with Crippen molar-refractivity contribution in [1.29, 1.82) is 0 Å². The zero-order valence-corrected chi connectivity index (χ0v) is 9.51. The Morgan fingerprint density at radius 1 is 0.889 bits per heavy atom. The molecule has 0 aliphatic carbocycles. The van der Waals surface area contributed by atoms with Crippen LogP contribution >= 0.6 is 0 Å². The highest BCUT2D eigenvalue weighted by Gasteiger charge is 2.06. The average Bonchev–Trinajstić information content (AvgIpc) is 2.36. The number of benzene rings is 2. The molecule has 94 valence electrons. The van der Waals surface area contributed by atoms with Crippen molar-refractivity contribution >= 4 is 11.4 Å². The van der Waals surface area contributed by atoms with Crippen LogP contribution in [0.5, 0.6) is 5.75 Å². The predicted octanol–water partition coefficient (Wildman–Crippen LogP) is 3.86. The van der Waals surface area contributed by atoms with Crippen LogP contribution in [0, 0.1) is 17.5 Å². The van der Waals surface area contributed by atoms with Gasteiger partial charge in [0.05, 0.1) is 12.8 Å². The first-order chi connectivity index (χ1) is 8.60. The van der Waals surface area contributed by atoms with Crippen molar-refractivity contribution < 1.29 is 17.9 Å². The van der Waals surface area contributed by atoms with Crippen LogP contribution in [0.15, 0.2) is 36.4 Å². The molecule has 0 fully saturated rings. The van der Waals surface area contributed by atoms with Gasteiger partial charge < -0.3 is 10.1 Å². The zero-order valence-electron chi connectivity index (χ0n) is 9.51. The average molecular weight is 253 g/mol. The highest BCUT2D eigenvalue weighted by atomic mass is 19.2. The number of ether oxygens (including phenoxy) is 1. The first-order valence-electron chi connectivity index (χ1n) is 5.16. The monoisotopic (exact) mass is 253 g/mol. The molecule has 0 radical (unpaired) electrons. The Labute approximate surface area is 102 Å². The first-order valence-corrected chi connectivity index (χ1v) is 5.16. The van der Waals surface area contributed by atoms with Crippen LogP contribution < -0.4 is 10.1 Å². The molecule has 0 saturated heterocycles. The highest BCUT2D eigenvalue weighted by molar-refractivity contribution is 5.61. The second-order valence-corrected chi connectivity index (χ2v) is 3.60. The number of hydrogen-bond acceptors (Lipinski definition) is 2. The molecular formula is C13H10F3NO. The third-order valence-corrected chi connectivity index (χ3v) is 2.37. The Balaban J connectivity index is 2.25. The second-order valence-electron chi connectivity index (χ2n) is 3.60. The molecule has 18 heavy (non-hydrogen) atoms. The molecule has 2 rings (SSSR count). The van der Waals surface area contributed by atoms with Crippen LogP contribution in [0.25, 0.3) is 0 Å². The minimum atomic E-state index is -0.992. The van der Waals surface area contributed by atoms with Crippen molar-refractivity contribution in [2.75, 3.05) is 12.4 Å². The van der Waals surface area contributed by atoms with Crippen molar-refractivity contribution in [3.63, 3.8) is 0 Å². The van der Waals surface area contributed by atoms with E-state index >= 15 is 0 Å². The van der Waals surface area contributed by atoms with Gasteiger partial charge in [-0.2, -0.15) is 0 Å². The van der Waals surface area contributed by atoms with E-state index in [0.717, 1.165) is 12.1 Å². The van der Waals surface area contributed by atoms with Crippen LogP contribution in [-0.4, -0.2) is 7.11 Å². The molecule has 2 aromatic carbocycles. The van der Waals surface area contributed by atoms with Gasteiger partial charge in [0, 0.05) is 17.8 Å². The van der Waals surface area contributed by atoms with E-state index < -0.39 is 17.5 Å². The molecule has 2 nitrogen and oxygen atoms in total. The zero-order chi connectivity index (χ0) is 13.1.